The van der Waals surface area contributed by atoms with Crippen LogP contribution in [0.4, 0.5) is 31.1 Å². The van der Waals surface area contributed by atoms with Gasteiger partial charge in [0.15, 0.2) is 0 Å². The zero-order chi connectivity index (χ0) is 17.6. The van der Waals surface area contributed by atoms with Gasteiger partial charge in [0, 0.05) is 5.41 Å². The van der Waals surface area contributed by atoms with Crippen molar-refractivity contribution in [2.45, 2.75) is 32.2 Å². The highest BCUT2D eigenvalue weighted by molar-refractivity contribution is 5.69. The summed E-state index contributed by atoms with van der Waals surface area (Å²) in [5.74, 6) is 0. The summed E-state index contributed by atoms with van der Waals surface area (Å²) in [6.45, 7) is 2.78. The number of carbonyl (C=O) groups is 1. The lowest BCUT2D eigenvalue weighted by molar-refractivity contribution is -0.142. The maximum Gasteiger partial charge on any atom is 0.416 e. The predicted octanol–water partition coefficient (Wildman–Crippen LogP) is 4.53. The lowest BCUT2D eigenvalue weighted by Crippen LogP contribution is -2.47. The smallest absolute Gasteiger partial charge is 0.416 e. The van der Waals surface area contributed by atoms with Gasteiger partial charge in [-0.15, -0.1) is 0 Å². The molecule has 0 unspecified atom stereocenters. The highest BCUT2D eigenvalue weighted by atomic mass is 19.4. The van der Waals surface area contributed by atoms with Crippen LogP contribution >= 0.6 is 0 Å². The molecule has 0 aliphatic carbocycles. The van der Waals surface area contributed by atoms with Crippen LogP contribution in [0.15, 0.2) is 18.2 Å². The van der Waals surface area contributed by atoms with Gasteiger partial charge >= 0.3 is 18.4 Å². The van der Waals surface area contributed by atoms with E-state index in [9.17, 15) is 31.1 Å². The van der Waals surface area contributed by atoms with E-state index in [2.05, 4.69) is 5.32 Å². The molecular weight excluding hydrogens is 328 g/mol. The van der Waals surface area contributed by atoms with E-state index in [0.717, 1.165) is 0 Å². The first kappa shape index (κ1) is 17.4. The molecule has 1 N–H and O–H groups in total. The number of ether oxygens (including phenoxy) is 1. The van der Waals surface area contributed by atoms with Crippen LogP contribution in [0, 0.1) is 5.41 Å². The summed E-state index contributed by atoms with van der Waals surface area (Å²) >= 11 is 0. The number of nitrogens with one attached hydrogen (secondary N) is 1. The van der Waals surface area contributed by atoms with Gasteiger partial charge in [-0.1, -0.05) is 13.8 Å². The van der Waals surface area contributed by atoms with E-state index in [-0.39, 0.29) is 6.61 Å². The van der Waals surface area contributed by atoms with Crippen molar-refractivity contribution in [2.24, 2.45) is 5.41 Å². The third kappa shape index (κ3) is 3.53. The Kier molecular flexibility index (Phi) is 4.02. The fourth-order valence-corrected chi connectivity index (χ4v) is 2.42. The molecule has 0 spiro atoms. The normalized spacial score (nSPS) is 21.6. The summed E-state index contributed by atoms with van der Waals surface area (Å²) < 4.78 is 82.7. The molecule has 1 fully saturated rings. The summed E-state index contributed by atoms with van der Waals surface area (Å²) in [6, 6.07) is -0.0698. The Balaban J connectivity index is 2.63. The Morgan fingerprint density at radius 3 is 2.26 bits per heavy atom. The number of carbonyl (C=O) groups excluding carboxylic acids is 1. The van der Waals surface area contributed by atoms with E-state index in [4.69, 9.17) is 4.74 Å². The minimum absolute atomic E-state index is 0.211. The molecule has 0 saturated carbocycles. The van der Waals surface area contributed by atoms with Crippen LogP contribution in [0.3, 0.4) is 0 Å². The standard InChI is InChI=1S/C14H13F6NO2/c1-12(2)6-23-11(22)21-10(12)8-5-7(13(15,16)17)3-4-9(8)14(18,19)20/h3-5,10H,6H2,1-2H3,(H,21,22)/t10-/m0/s1. The van der Waals surface area contributed by atoms with Crippen LogP contribution in [0.1, 0.15) is 36.6 Å². The molecule has 0 aromatic heterocycles. The Morgan fingerprint density at radius 2 is 1.74 bits per heavy atom. The van der Waals surface area contributed by atoms with Gasteiger partial charge in [-0.3, -0.25) is 0 Å². The summed E-state index contributed by atoms with van der Waals surface area (Å²) in [5.41, 5.74) is -4.07. The second-order valence-electron chi connectivity index (χ2n) is 5.94. The third-order valence-electron chi connectivity index (χ3n) is 3.61. The number of cyclic esters (lactones) is 1. The van der Waals surface area contributed by atoms with Crippen molar-refractivity contribution in [3.05, 3.63) is 34.9 Å². The van der Waals surface area contributed by atoms with E-state index in [0.29, 0.717) is 18.2 Å². The maximum atomic E-state index is 13.2. The van der Waals surface area contributed by atoms with Gasteiger partial charge < -0.3 is 10.1 Å². The molecule has 1 aromatic carbocycles. The highest BCUT2D eigenvalue weighted by Crippen LogP contribution is 2.44. The average Bonchev–Trinajstić information content (AvgIpc) is 2.39. The summed E-state index contributed by atoms with van der Waals surface area (Å²) in [6.07, 6.45) is -10.6. The average molecular weight is 341 g/mol. The Hall–Kier alpha value is -1.93. The molecule has 1 saturated heterocycles. The molecule has 1 heterocycles. The SMILES string of the molecule is CC1(C)COC(=O)N[C@H]1c1cc(C(F)(F)F)ccc1C(F)(F)F. The predicted molar refractivity (Wildman–Crippen MR) is 67.5 cm³/mol. The Labute approximate surface area is 127 Å². The quantitative estimate of drug-likeness (QED) is 0.762. The molecular formula is C14H13F6NO2. The van der Waals surface area contributed by atoms with Gasteiger partial charge in [-0.2, -0.15) is 26.3 Å². The summed E-state index contributed by atoms with van der Waals surface area (Å²) in [7, 11) is 0. The van der Waals surface area contributed by atoms with Gasteiger partial charge in [-0.05, 0) is 23.8 Å². The van der Waals surface area contributed by atoms with Gasteiger partial charge in [0.1, 0.15) is 6.61 Å². The van der Waals surface area contributed by atoms with Crippen LogP contribution in [0.2, 0.25) is 0 Å². The van der Waals surface area contributed by atoms with Gasteiger partial charge in [0.25, 0.3) is 0 Å². The second kappa shape index (κ2) is 5.31. The minimum atomic E-state index is -4.85. The molecule has 1 atom stereocenters. The molecule has 3 nitrogen and oxygen atoms in total. The number of benzene rings is 1. The fourth-order valence-electron chi connectivity index (χ4n) is 2.42. The van der Waals surface area contributed by atoms with Gasteiger partial charge in [0.2, 0.25) is 0 Å². The molecule has 1 aromatic rings. The lowest BCUT2D eigenvalue weighted by atomic mass is 9.78. The van der Waals surface area contributed by atoms with E-state index in [1.807, 2.05) is 0 Å². The van der Waals surface area contributed by atoms with E-state index < -0.39 is 46.6 Å². The molecule has 0 radical (unpaired) electrons. The number of hydrogen-bond acceptors (Lipinski definition) is 2. The number of amides is 1. The molecule has 1 amide bonds. The molecule has 2 rings (SSSR count). The van der Waals surface area contributed by atoms with Crippen molar-refractivity contribution < 1.29 is 35.9 Å². The van der Waals surface area contributed by atoms with Gasteiger partial charge in [0.05, 0.1) is 17.2 Å². The molecule has 1 aliphatic rings. The first-order chi connectivity index (χ1) is 10.3. The third-order valence-corrected chi connectivity index (χ3v) is 3.61. The molecule has 0 bridgehead atoms. The van der Waals surface area contributed by atoms with Crippen molar-refractivity contribution in [1.29, 1.82) is 0 Å². The largest absolute Gasteiger partial charge is 0.449 e. The van der Waals surface area contributed by atoms with Crippen LogP contribution in [0.25, 0.3) is 0 Å². The highest BCUT2D eigenvalue weighted by Gasteiger charge is 2.44. The first-order valence-electron chi connectivity index (χ1n) is 6.54. The van der Waals surface area contributed by atoms with Crippen molar-refractivity contribution >= 4 is 6.09 Å². The van der Waals surface area contributed by atoms with Crippen molar-refractivity contribution in [3.8, 4) is 0 Å². The molecule has 128 valence electrons. The Bertz CT molecular complexity index is 621. The lowest BCUT2D eigenvalue weighted by Gasteiger charge is -2.39. The topological polar surface area (TPSA) is 38.3 Å². The maximum absolute atomic E-state index is 13.2. The van der Waals surface area contributed by atoms with Crippen LogP contribution in [-0.2, 0) is 17.1 Å². The van der Waals surface area contributed by atoms with Crippen LogP contribution < -0.4 is 5.32 Å². The monoisotopic (exact) mass is 341 g/mol. The second-order valence-corrected chi connectivity index (χ2v) is 5.94. The first-order valence-corrected chi connectivity index (χ1v) is 6.54. The fraction of sp³-hybridized carbons (Fsp3) is 0.500. The van der Waals surface area contributed by atoms with Crippen molar-refractivity contribution in [1.82, 2.24) is 5.32 Å². The zero-order valence-corrected chi connectivity index (χ0v) is 12.1. The number of alkyl halides is 6. The van der Waals surface area contributed by atoms with E-state index >= 15 is 0 Å². The van der Waals surface area contributed by atoms with E-state index in [1.54, 1.807) is 0 Å². The number of rotatable bonds is 1. The number of halogens is 6. The summed E-state index contributed by atoms with van der Waals surface area (Å²) in [5, 5.41) is 2.19. The summed E-state index contributed by atoms with van der Waals surface area (Å²) in [4.78, 5) is 11.3. The van der Waals surface area contributed by atoms with Crippen LogP contribution in [-0.4, -0.2) is 12.7 Å². The number of hydrogen-bond donors (Lipinski definition) is 1. The minimum Gasteiger partial charge on any atom is -0.449 e. The Morgan fingerprint density at radius 1 is 1.13 bits per heavy atom. The number of alkyl carbamates (subject to hydrolysis) is 1. The zero-order valence-electron chi connectivity index (χ0n) is 12.1. The molecule has 9 heteroatoms. The van der Waals surface area contributed by atoms with Crippen molar-refractivity contribution in [3.63, 3.8) is 0 Å². The molecule has 1 aliphatic heterocycles. The van der Waals surface area contributed by atoms with E-state index in [1.165, 1.54) is 13.8 Å². The van der Waals surface area contributed by atoms with Crippen molar-refractivity contribution in [2.75, 3.05) is 6.61 Å². The van der Waals surface area contributed by atoms with Gasteiger partial charge in [-0.25, -0.2) is 4.79 Å². The van der Waals surface area contributed by atoms with Crippen LogP contribution in [0.5, 0.6) is 0 Å². The molecule has 23 heavy (non-hydrogen) atoms.